The third kappa shape index (κ3) is 4.43. The topological polar surface area (TPSA) is 53.1 Å². The molecule has 2 amide bonds. The van der Waals surface area contributed by atoms with E-state index in [0.29, 0.717) is 18.0 Å². The Bertz CT molecular complexity index is 871. The van der Waals surface area contributed by atoms with Gasteiger partial charge in [-0.3, -0.25) is 19.4 Å². The first-order valence-corrected chi connectivity index (χ1v) is 10.2. The largest absolute Gasteiger partial charge is 0.479 e. The van der Waals surface area contributed by atoms with Gasteiger partial charge in [-0.25, -0.2) is 0 Å². The lowest BCUT2D eigenvalue weighted by atomic mass is 10.2. The summed E-state index contributed by atoms with van der Waals surface area (Å²) in [6, 6.07) is 17.8. The van der Waals surface area contributed by atoms with Crippen LogP contribution in [0.25, 0.3) is 0 Å². The van der Waals surface area contributed by atoms with Crippen molar-refractivity contribution < 1.29 is 14.3 Å². The number of ether oxygens (including phenoxy) is 1. The number of fused-ring (bicyclic) bond motifs is 1. The molecule has 0 spiro atoms. The van der Waals surface area contributed by atoms with Crippen LogP contribution in [-0.2, 0) is 16.1 Å². The fourth-order valence-corrected chi connectivity index (χ4v) is 3.98. The Morgan fingerprint density at radius 3 is 2.59 bits per heavy atom. The molecule has 1 saturated heterocycles. The second kappa shape index (κ2) is 8.66. The van der Waals surface area contributed by atoms with E-state index >= 15 is 0 Å². The van der Waals surface area contributed by atoms with Gasteiger partial charge in [-0.05, 0) is 31.0 Å². The number of carbonyl (C=O) groups excluding carboxylic acids is 2. The molecule has 1 atom stereocenters. The van der Waals surface area contributed by atoms with Gasteiger partial charge in [0.05, 0.1) is 5.69 Å². The summed E-state index contributed by atoms with van der Waals surface area (Å²) in [4.78, 5) is 31.5. The molecule has 2 aliphatic heterocycles. The molecule has 2 aliphatic rings. The summed E-state index contributed by atoms with van der Waals surface area (Å²) in [7, 11) is 0. The SMILES string of the molecule is CC1Oc2ccccc2N(CC(=O)N2CCCN(Cc3ccccc3)CC2)C1=O. The lowest BCUT2D eigenvalue weighted by molar-refractivity contribution is -0.133. The highest BCUT2D eigenvalue weighted by Crippen LogP contribution is 2.33. The summed E-state index contributed by atoms with van der Waals surface area (Å²) in [5.41, 5.74) is 1.96. The molecule has 152 valence electrons. The van der Waals surface area contributed by atoms with Crippen molar-refractivity contribution in [1.82, 2.24) is 9.80 Å². The minimum atomic E-state index is -0.580. The summed E-state index contributed by atoms with van der Waals surface area (Å²) < 4.78 is 5.67. The van der Waals surface area contributed by atoms with Gasteiger partial charge >= 0.3 is 0 Å². The Kier molecular flexibility index (Phi) is 5.81. The standard InChI is InChI=1S/C23H27N3O3/c1-18-23(28)26(20-10-5-6-11-21(20)29-18)17-22(27)25-13-7-12-24(14-15-25)16-19-8-3-2-4-9-19/h2-6,8-11,18H,7,12-17H2,1H3. The fraction of sp³-hybridized carbons (Fsp3) is 0.391. The number of para-hydroxylation sites is 2. The summed E-state index contributed by atoms with van der Waals surface area (Å²) in [6.45, 7) is 5.89. The minimum absolute atomic E-state index is 0.0104. The first-order chi connectivity index (χ1) is 14.1. The zero-order chi connectivity index (χ0) is 20.2. The second-order valence-corrected chi connectivity index (χ2v) is 7.65. The Morgan fingerprint density at radius 2 is 1.76 bits per heavy atom. The molecule has 4 rings (SSSR count). The van der Waals surface area contributed by atoms with Crippen LogP contribution in [0, 0.1) is 0 Å². The van der Waals surface area contributed by atoms with Crippen LogP contribution < -0.4 is 9.64 Å². The molecule has 0 N–H and O–H groups in total. The van der Waals surface area contributed by atoms with Crippen LogP contribution in [0.15, 0.2) is 54.6 Å². The molecule has 0 bridgehead atoms. The third-order valence-electron chi connectivity index (χ3n) is 5.56. The number of benzene rings is 2. The molecule has 1 fully saturated rings. The van der Waals surface area contributed by atoms with E-state index in [1.807, 2.05) is 35.2 Å². The van der Waals surface area contributed by atoms with Crippen molar-refractivity contribution in [3.8, 4) is 5.75 Å². The van der Waals surface area contributed by atoms with Crippen LogP contribution in [0.4, 0.5) is 5.69 Å². The van der Waals surface area contributed by atoms with Crippen LogP contribution in [0.2, 0.25) is 0 Å². The van der Waals surface area contributed by atoms with E-state index in [2.05, 4.69) is 29.2 Å². The van der Waals surface area contributed by atoms with E-state index in [4.69, 9.17) is 4.74 Å². The third-order valence-corrected chi connectivity index (χ3v) is 5.56. The fourth-order valence-electron chi connectivity index (χ4n) is 3.98. The van der Waals surface area contributed by atoms with Gasteiger partial charge in [0.25, 0.3) is 5.91 Å². The van der Waals surface area contributed by atoms with Crippen molar-refractivity contribution in [2.24, 2.45) is 0 Å². The number of carbonyl (C=O) groups is 2. The maximum absolute atomic E-state index is 13.0. The molecular formula is C23H27N3O3. The first kappa shape index (κ1) is 19.5. The molecule has 6 heteroatoms. The summed E-state index contributed by atoms with van der Waals surface area (Å²) in [6.07, 6.45) is 0.353. The zero-order valence-corrected chi connectivity index (χ0v) is 16.8. The average Bonchev–Trinajstić information content (AvgIpc) is 2.98. The van der Waals surface area contributed by atoms with Gasteiger partial charge in [-0.15, -0.1) is 0 Å². The predicted molar refractivity (Wildman–Crippen MR) is 112 cm³/mol. The minimum Gasteiger partial charge on any atom is -0.479 e. The quantitative estimate of drug-likeness (QED) is 0.801. The Labute approximate surface area is 171 Å². The molecule has 0 aliphatic carbocycles. The zero-order valence-electron chi connectivity index (χ0n) is 16.8. The molecular weight excluding hydrogens is 366 g/mol. The number of hydrogen-bond donors (Lipinski definition) is 0. The van der Waals surface area contributed by atoms with Gasteiger partial charge in [-0.1, -0.05) is 42.5 Å². The van der Waals surface area contributed by atoms with Crippen molar-refractivity contribution in [2.45, 2.75) is 26.0 Å². The Balaban J connectivity index is 1.39. The van der Waals surface area contributed by atoms with Crippen LogP contribution in [-0.4, -0.2) is 60.4 Å². The van der Waals surface area contributed by atoms with Crippen molar-refractivity contribution in [3.05, 3.63) is 60.2 Å². The molecule has 29 heavy (non-hydrogen) atoms. The normalized spacial score (nSPS) is 20.0. The van der Waals surface area contributed by atoms with Gasteiger partial charge in [0, 0.05) is 32.7 Å². The van der Waals surface area contributed by atoms with Crippen molar-refractivity contribution in [2.75, 3.05) is 37.6 Å². The summed E-state index contributed by atoms with van der Waals surface area (Å²) in [5, 5.41) is 0. The van der Waals surface area contributed by atoms with Crippen LogP contribution in [0.1, 0.15) is 18.9 Å². The number of hydrogen-bond acceptors (Lipinski definition) is 4. The van der Waals surface area contributed by atoms with Gasteiger partial charge < -0.3 is 9.64 Å². The molecule has 0 aromatic heterocycles. The molecule has 0 radical (unpaired) electrons. The Hall–Kier alpha value is -2.86. The molecule has 1 unspecified atom stereocenters. The van der Waals surface area contributed by atoms with Crippen LogP contribution >= 0.6 is 0 Å². The van der Waals surface area contributed by atoms with E-state index in [9.17, 15) is 9.59 Å². The van der Waals surface area contributed by atoms with Gasteiger partial charge in [0.1, 0.15) is 12.3 Å². The number of amides is 2. The van der Waals surface area contributed by atoms with E-state index in [-0.39, 0.29) is 18.4 Å². The molecule has 6 nitrogen and oxygen atoms in total. The van der Waals surface area contributed by atoms with Crippen molar-refractivity contribution >= 4 is 17.5 Å². The van der Waals surface area contributed by atoms with E-state index < -0.39 is 6.10 Å². The van der Waals surface area contributed by atoms with E-state index in [1.165, 1.54) is 5.56 Å². The van der Waals surface area contributed by atoms with E-state index in [0.717, 1.165) is 32.6 Å². The molecule has 2 aromatic rings. The molecule has 0 saturated carbocycles. The Morgan fingerprint density at radius 1 is 1.00 bits per heavy atom. The van der Waals surface area contributed by atoms with Crippen molar-refractivity contribution in [1.29, 1.82) is 0 Å². The lowest BCUT2D eigenvalue weighted by Gasteiger charge is -2.33. The second-order valence-electron chi connectivity index (χ2n) is 7.65. The number of anilines is 1. The van der Waals surface area contributed by atoms with Gasteiger partial charge in [0.15, 0.2) is 6.10 Å². The van der Waals surface area contributed by atoms with E-state index in [1.54, 1.807) is 11.8 Å². The maximum Gasteiger partial charge on any atom is 0.268 e. The highest BCUT2D eigenvalue weighted by atomic mass is 16.5. The predicted octanol–water partition coefficient (Wildman–Crippen LogP) is 2.54. The number of rotatable bonds is 4. The van der Waals surface area contributed by atoms with Gasteiger partial charge in [-0.2, -0.15) is 0 Å². The average molecular weight is 393 g/mol. The monoisotopic (exact) mass is 393 g/mol. The summed E-state index contributed by atoms with van der Waals surface area (Å²) >= 11 is 0. The van der Waals surface area contributed by atoms with Crippen LogP contribution in [0.3, 0.4) is 0 Å². The first-order valence-electron chi connectivity index (χ1n) is 10.2. The smallest absolute Gasteiger partial charge is 0.268 e. The highest BCUT2D eigenvalue weighted by molar-refractivity contribution is 6.03. The summed E-state index contributed by atoms with van der Waals surface area (Å²) in [5.74, 6) is 0.471. The van der Waals surface area contributed by atoms with Crippen LogP contribution in [0.5, 0.6) is 5.75 Å². The molecule has 2 heterocycles. The molecule has 2 aromatic carbocycles. The lowest BCUT2D eigenvalue weighted by Crippen LogP contribution is -2.50. The number of nitrogens with zero attached hydrogens (tertiary/aromatic N) is 3. The highest BCUT2D eigenvalue weighted by Gasteiger charge is 2.33. The maximum atomic E-state index is 13.0. The van der Waals surface area contributed by atoms with Crippen molar-refractivity contribution in [3.63, 3.8) is 0 Å². The van der Waals surface area contributed by atoms with Gasteiger partial charge in [0.2, 0.25) is 5.91 Å².